The molecule has 9 heteroatoms. The van der Waals surface area contributed by atoms with Gasteiger partial charge in [-0.3, -0.25) is 14.5 Å². The summed E-state index contributed by atoms with van der Waals surface area (Å²) in [4.78, 5) is 47.2. The lowest BCUT2D eigenvalue weighted by Gasteiger charge is -2.30. The van der Waals surface area contributed by atoms with Crippen LogP contribution in [0, 0.1) is 6.92 Å². The topological polar surface area (TPSA) is 79.8 Å². The lowest BCUT2D eigenvalue weighted by Crippen LogP contribution is -2.45. The van der Waals surface area contributed by atoms with Crippen molar-refractivity contribution in [3.8, 4) is 0 Å². The number of ether oxygens (including phenoxy) is 1. The van der Waals surface area contributed by atoms with Crippen molar-refractivity contribution in [3.05, 3.63) is 34.8 Å². The predicted molar refractivity (Wildman–Crippen MR) is 124 cm³/mol. The monoisotopic (exact) mass is 461 g/mol. The molecule has 0 bridgehead atoms. The molecule has 31 heavy (non-hydrogen) atoms. The summed E-state index contributed by atoms with van der Waals surface area (Å²) < 4.78 is 5.11. The second-order valence-electron chi connectivity index (χ2n) is 7.12. The first-order valence-electron chi connectivity index (χ1n) is 10.4. The van der Waals surface area contributed by atoms with Crippen LogP contribution in [0.5, 0.6) is 0 Å². The summed E-state index contributed by atoms with van der Waals surface area (Å²) in [5, 5.41) is 0.466. The van der Waals surface area contributed by atoms with Crippen LogP contribution in [-0.2, 0) is 14.3 Å². The van der Waals surface area contributed by atoms with Crippen molar-refractivity contribution >= 4 is 51.7 Å². The van der Waals surface area contributed by atoms with Crippen molar-refractivity contribution in [3.63, 3.8) is 0 Å². The third-order valence-electron chi connectivity index (χ3n) is 4.86. The van der Waals surface area contributed by atoms with E-state index in [9.17, 15) is 14.4 Å². The van der Waals surface area contributed by atoms with Gasteiger partial charge in [0.25, 0.3) is 0 Å². The summed E-state index contributed by atoms with van der Waals surface area (Å²) in [7, 11) is 0. The molecule has 1 aliphatic heterocycles. The van der Waals surface area contributed by atoms with E-state index in [1.165, 1.54) is 11.8 Å². The molecule has 166 valence electrons. The first-order chi connectivity index (χ1) is 15.0. The Hall–Kier alpha value is -2.39. The number of thioether (sulfide) groups is 1. The molecule has 0 atom stereocenters. The summed E-state index contributed by atoms with van der Waals surface area (Å²) in [6.45, 7) is 6.29. The zero-order chi connectivity index (χ0) is 22.4. The van der Waals surface area contributed by atoms with Gasteiger partial charge in [-0.05, 0) is 32.4 Å². The van der Waals surface area contributed by atoms with Gasteiger partial charge in [-0.1, -0.05) is 43.2 Å². The van der Waals surface area contributed by atoms with Crippen molar-refractivity contribution in [2.24, 2.45) is 0 Å². The van der Waals surface area contributed by atoms with E-state index in [1.807, 2.05) is 24.3 Å². The molecule has 1 aliphatic rings. The van der Waals surface area contributed by atoms with E-state index in [2.05, 4.69) is 11.9 Å². The molecule has 0 spiro atoms. The number of aryl methyl sites for hydroxylation is 1. The third-order valence-corrected chi connectivity index (χ3v) is 7.07. The minimum atomic E-state index is -0.429. The maximum atomic E-state index is 13.4. The highest BCUT2D eigenvalue weighted by Crippen LogP contribution is 2.35. The summed E-state index contributed by atoms with van der Waals surface area (Å²) in [5.74, 6) is -0.422. The first kappa shape index (κ1) is 23.3. The second kappa shape index (κ2) is 10.8. The number of aromatic nitrogens is 1. The van der Waals surface area contributed by atoms with Gasteiger partial charge in [0, 0.05) is 11.4 Å². The number of benzene rings is 1. The number of hydrogen-bond donors (Lipinski definition) is 0. The number of fused-ring (bicyclic) bond motifs is 1. The standard InChI is InChI=1S/C22H27N3O4S2/c1-4-6-9-12-24(22-23-15(3)20(31-22)21(28)29-5-2)18(26)13-25-16-10-7-8-11-17(16)30-14-19(25)27/h7-8,10-11H,4-6,9,12-14H2,1-3H3. The zero-order valence-electron chi connectivity index (χ0n) is 18.1. The molecule has 0 saturated heterocycles. The number of hydrogen-bond acceptors (Lipinski definition) is 7. The Morgan fingerprint density at radius 3 is 2.74 bits per heavy atom. The van der Waals surface area contributed by atoms with E-state index >= 15 is 0 Å². The van der Waals surface area contributed by atoms with E-state index in [1.54, 1.807) is 23.6 Å². The molecule has 0 aliphatic carbocycles. The Bertz CT molecular complexity index is 960. The molecule has 7 nitrogen and oxygen atoms in total. The average Bonchev–Trinajstić information content (AvgIpc) is 3.14. The molecule has 2 heterocycles. The number of esters is 1. The molecule has 0 N–H and O–H groups in total. The van der Waals surface area contributed by atoms with Crippen molar-refractivity contribution in [1.82, 2.24) is 4.98 Å². The number of thiazole rings is 1. The molecule has 1 aromatic heterocycles. The van der Waals surface area contributed by atoms with E-state index < -0.39 is 5.97 Å². The van der Waals surface area contributed by atoms with E-state index in [0.29, 0.717) is 28.0 Å². The number of nitrogens with zero attached hydrogens (tertiary/aromatic N) is 3. The van der Waals surface area contributed by atoms with Gasteiger partial charge in [-0.15, -0.1) is 11.8 Å². The Morgan fingerprint density at radius 1 is 1.23 bits per heavy atom. The fourth-order valence-electron chi connectivity index (χ4n) is 3.28. The summed E-state index contributed by atoms with van der Waals surface area (Å²) in [5.41, 5.74) is 1.30. The van der Waals surface area contributed by atoms with Crippen molar-refractivity contribution < 1.29 is 19.1 Å². The molecule has 0 saturated carbocycles. The van der Waals surface area contributed by atoms with Crippen LogP contribution in [0.2, 0.25) is 0 Å². The lowest BCUT2D eigenvalue weighted by molar-refractivity contribution is -0.121. The zero-order valence-corrected chi connectivity index (χ0v) is 19.7. The van der Waals surface area contributed by atoms with Gasteiger partial charge in [-0.2, -0.15) is 0 Å². The number of anilines is 2. The number of carbonyl (C=O) groups excluding carboxylic acids is 3. The smallest absolute Gasteiger partial charge is 0.350 e. The van der Waals surface area contributed by atoms with Crippen LogP contribution in [-0.4, -0.2) is 48.2 Å². The van der Waals surface area contributed by atoms with Crippen molar-refractivity contribution in [1.29, 1.82) is 0 Å². The maximum absolute atomic E-state index is 13.4. The molecule has 3 rings (SSSR count). The average molecular weight is 462 g/mol. The molecular weight excluding hydrogens is 434 g/mol. The number of unbranched alkanes of at least 4 members (excludes halogenated alkanes) is 2. The largest absolute Gasteiger partial charge is 0.462 e. The van der Waals surface area contributed by atoms with Crippen LogP contribution < -0.4 is 9.80 Å². The molecule has 2 amide bonds. The second-order valence-corrected chi connectivity index (χ2v) is 9.11. The molecule has 0 radical (unpaired) electrons. The van der Waals surface area contributed by atoms with E-state index in [0.717, 1.165) is 41.2 Å². The van der Waals surface area contributed by atoms with E-state index in [4.69, 9.17) is 4.74 Å². The first-order valence-corrected chi connectivity index (χ1v) is 12.2. The summed E-state index contributed by atoms with van der Waals surface area (Å²) >= 11 is 2.65. The summed E-state index contributed by atoms with van der Waals surface area (Å²) in [6.07, 6.45) is 2.80. The van der Waals surface area contributed by atoms with Crippen LogP contribution in [0.4, 0.5) is 10.8 Å². The van der Waals surface area contributed by atoms with E-state index in [-0.39, 0.29) is 25.0 Å². The number of amides is 2. The third kappa shape index (κ3) is 5.46. The minimum Gasteiger partial charge on any atom is -0.462 e. The maximum Gasteiger partial charge on any atom is 0.350 e. The lowest BCUT2D eigenvalue weighted by atomic mass is 10.2. The van der Waals surface area contributed by atoms with Crippen molar-refractivity contribution in [2.45, 2.75) is 44.9 Å². The molecule has 1 aromatic carbocycles. The minimum absolute atomic E-state index is 0.0596. The number of carbonyl (C=O) groups is 3. The van der Waals surface area contributed by atoms with Crippen LogP contribution in [0.3, 0.4) is 0 Å². The highest BCUT2D eigenvalue weighted by atomic mass is 32.2. The normalized spacial score (nSPS) is 13.1. The van der Waals surface area contributed by atoms with Gasteiger partial charge >= 0.3 is 5.97 Å². The molecule has 0 unspecified atom stereocenters. The van der Waals surface area contributed by atoms with Gasteiger partial charge in [0.15, 0.2) is 5.13 Å². The summed E-state index contributed by atoms with van der Waals surface area (Å²) in [6, 6.07) is 7.61. The molecule has 2 aromatic rings. The Labute approximate surface area is 190 Å². The number of para-hydroxylation sites is 1. The van der Waals surface area contributed by atoms with Crippen LogP contribution in [0.25, 0.3) is 0 Å². The Kier molecular flexibility index (Phi) is 8.09. The van der Waals surface area contributed by atoms with Gasteiger partial charge in [0.2, 0.25) is 11.8 Å². The van der Waals surface area contributed by atoms with Gasteiger partial charge < -0.3 is 9.64 Å². The highest BCUT2D eigenvalue weighted by molar-refractivity contribution is 8.00. The van der Waals surface area contributed by atoms with Crippen LogP contribution in [0.1, 0.15) is 48.5 Å². The van der Waals surface area contributed by atoms with Gasteiger partial charge in [-0.25, -0.2) is 9.78 Å². The SMILES string of the molecule is CCCCCN(C(=O)CN1C(=O)CSc2ccccc21)c1nc(C)c(C(=O)OCC)s1. The highest BCUT2D eigenvalue weighted by Gasteiger charge is 2.30. The van der Waals surface area contributed by atoms with Gasteiger partial charge in [0.1, 0.15) is 11.4 Å². The fourth-order valence-corrected chi connectivity index (χ4v) is 5.22. The van der Waals surface area contributed by atoms with Crippen molar-refractivity contribution in [2.75, 3.05) is 35.2 Å². The molecular formula is C22H27N3O4S2. The predicted octanol–water partition coefficient (Wildman–Crippen LogP) is 4.29. The number of rotatable bonds is 9. The fraction of sp³-hybridized carbons (Fsp3) is 0.455. The Balaban J connectivity index is 1.85. The van der Waals surface area contributed by atoms with Crippen LogP contribution >= 0.6 is 23.1 Å². The van der Waals surface area contributed by atoms with Crippen LogP contribution in [0.15, 0.2) is 29.2 Å². The quantitative estimate of drug-likeness (QED) is 0.409. The molecule has 0 fully saturated rings. The van der Waals surface area contributed by atoms with Gasteiger partial charge in [0.05, 0.1) is 23.7 Å². The Morgan fingerprint density at radius 2 is 2.00 bits per heavy atom.